The third kappa shape index (κ3) is 3.66. The maximum atomic E-state index is 11.8. The minimum atomic E-state index is -0.756. The van der Waals surface area contributed by atoms with Crippen LogP contribution in [0.15, 0.2) is 53.0 Å². The number of carbonyl (C=O) groups is 1. The second-order valence-electron chi connectivity index (χ2n) is 6.07. The van der Waals surface area contributed by atoms with Gasteiger partial charge >= 0.3 is 5.97 Å². The quantitative estimate of drug-likeness (QED) is 0.762. The van der Waals surface area contributed by atoms with Crippen molar-refractivity contribution in [3.63, 3.8) is 0 Å². The van der Waals surface area contributed by atoms with Crippen LogP contribution in [0.1, 0.15) is 36.4 Å². The lowest BCUT2D eigenvalue weighted by atomic mass is 9.92. The molecule has 2 aromatic carbocycles. The highest BCUT2D eigenvalue weighted by atomic mass is 79.9. The van der Waals surface area contributed by atoms with Gasteiger partial charge in [-0.2, -0.15) is 0 Å². The molecule has 0 radical (unpaired) electrons. The summed E-state index contributed by atoms with van der Waals surface area (Å²) in [5.41, 5.74) is 2.08. The van der Waals surface area contributed by atoms with Crippen LogP contribution >= 0.6 is 27.5 Å². The average molecular weight is 409 g/mol. The highest BCUT2D eigenvalue weighted by Gasteiger charge is 2.35. The Morgan fingerprint density at radius 2 is 2.00 bits per heavy atom. The third-order valence-corrected chi connectivity index (χ3v) is 5.48. The van der Waals surface area contributed by atoms with E-state index in [-0.39, 0.29) is 6.04 Å². The molecule has 1 heterocycles. The van der Waals surface area contributed by atoms with Gasteiger partial charge in [0.25, 0.3) is 0 Å². The minimum Gasteiger partial charge on any atom is -0.480 e. The maximum absolute atomic E-state index is 11.8. The summed E-state index contributed by atoms with van der Waals surface area (Å²) >= 11 is 9.84. The van der Waals surface area contributed by atoms with Gasteiger partial charge in [0.05, 0.1) is 6.04 Å². The van der Waals surface area contributed by atoms with Gasteiger partial charge in [-0.25, -0.2) is 0 Å². The first-order chi connectivity index (χ1) is 11.6. The number of hydrogen-bond donors (Lipinski definition) is 1. The van der Waals surface area contributed by atoms with Crippen molar-refractivity contribution < 1.29 is 9.90 Å². The van der Waals surface area contributed by atoms with E-state index in [0.717, 1.165) is 35.0 Å². The fourth-order valence-corrected chi connectivity index (χ4v) is 4.15. The number of aliphatic carboxylic acids is 1. The van der Waals surface area contributed by atoms with Gasteiger partial charge < -0.3 is 5.11 Å². The van der Waals surface area contributed by atoms with Gasteiger partial charge in [0.15, 0.2) is 0 Å². The van der Waals surface area contributed by atoms with E-state index in [1.54, 1.807) is 0 Å². The van der Waals surface area contributed by atoms with Gasteiger partial charge in [-0.3, -0.25) is 9.69 Å². The Labute approximate surface area is 155 Å². The van der Waals surface area contributed by atoms with E-state index in [0.29, 0.717) is 11.4 Å². The first kappa shape index (κ1) is 17.5. The van der Waals surface area contributed by atoms with Crippen molar-refractivity contribution in [1.82, 2.24) is 4.90 Å². The van der Waals surface area contributed by atoms with Gasteiger partial charge in [0.1, 0.15) is 6.04 Å². The zero-order valence-electron chi connectivity index (χ0n) is 13.2. The molecule has 0 aromatic heterocycles. The highest BCUT2D eigenvalue weighted by molar-refractivity contribution is 9.10. The van der Waals surface area contributed by atoms with Crippen molar-refractivity contribution >= 4 is 33.5 Å². The molecule has 126 valence electrons. The van der Waals surface area contributed by atoms with E-state index in [1.165, 1.54) is 0 Å². The van der Waals surface area contributed by atoms with E-state index < -0.39 is 12.0 Å². The van der Waals surface area contributed by atoms with Crippen LogP contribution in [0.4, 0.5) is 0 Å². The van der Waals surface area contributed by atoms with E-state index in [4.69, 9.17) is 11.6 Å². The number of carboxylic acids is 1. The molecule has 2 atom stereocenters. The molecule has 2 aromatic rings. The number of benzene rings is 2. The molecule has 1 saturated heterocycles. The van der Waals surface area contributed by atoms with Crippen molar-refractivity contribution in [3.8, 4) is 0 Å². The molecule has 1 aliphatic rings. The standard InChI is InChI=1S/C19H19BrClNO2/c20-16-9-2-1-8-15(16)18(13-6-5-7-14(21)12-13)22-11-4-3-10-17(22)19(23)24/h1-2,5-9,12,17-18H,3-4,10-11H2,(H,23,24). The summed E-state index contributed by atoms with van der Waals surface area (Å²) in [7, 11) is 0. The van der Waals surface area contributed by atoms with E-state index in [9.17, 15) is 9.90 Å². The molecule has 5 heteroatoms. The monoisotopic (exact) mass is 407 g/mol. The summed E-state index contributed by atoms with van der Waals surface area (Å²) in [6.07, 6.45) is 2.63. The lowest BCUT2D eigenvalue weighted by molar-refractivity contribution is -0.145. The van der Waals surface area contributed by atoms with Crippen molar-refractivity contribution in [2.45, 2.75) is 31.3 Å². The smallest absolute Gasteiger partial charge is 0.320 e. The number of piperidine rings is 1. The second-order valence-corrected chi connectivity index (χ2v) is 7.36. The largest absolute Gasteiger partial charge is 0.480 e. The summed E-state index contributed by atoms with van der Waals surface area (Å²) in [6.45, 7) is 0.759. The molecular formula is C19H19BrClNO2. The highest BCUT2D eigenvalue weighted by Crippen LogP contribution is 2.38. The SMILES string of the molecule is O=C(O)C1CCCCN1C(c1cccc(Cl)c1)c1ccccc1Br. The predicted molar refractivity (Wildman–Crippen MR) is 99.4 cm³/mol. The van der Waals surface area contributed by atoms with E-state index >= 15 is 0 Å². The molecule has 1 fully saturated rings. The molecule has 0 aliphatic carbocycles. The normalized spacial score (nSPS) is 19.8. The summed E-state index contributed by atoms with van der Waals surface area (Å²) in [5, 5.41) is 10.4. The van der Waals surface area contributed by atoms with Crippen LogP contribution in [-0.4, -0.2) is 28.6 Å². The number of rotatable bonds is 4. The molecule has 1 N–H and O–H groups in total. The van der Waals surface area contributed by atoms with Crippen LogP contribution in [0.2, 0.25) is 5.02 Å². The summed E-state index contributed by atoms with van der Waals surface area (Å²) in [6, 6.07) is 15.1. The molecular weight excluding hydrogens is 390 g/mol. The maximum Gasteiger partial charge on any atom is 0.320 e. The molecule has 0 amide bonds. The minimum absolute atomic E-state index is 0.138. The Morgan fingerprint density at radius 1 is 1.21 bits per heavy atom. The number of nitrogens with zero attached hydrogens (tertiary/aromatic N) is 1. The zero-order valence-corrected chi connectivity index (χ0v) is 15.5. The van der Waals surface area contributed by atoms with Crippen molar-refractivity contribution in [1.29, 1.82) is 0 Å². The molecule has 3 nitrogen and oxygen atoms in total. The van der Waals surface area contributed by atoms with Crippen LogP contribution in [0.5, 0.6) is 0 Å². The van der Waals surface area contributed by atoms with Crippen molar-refractivity contribution in [2.75, 3.05) is 6.54 Å². The number of carboxylic acid groups (broad SMARTS) is 1. The number of likely N-dealkylation sites (tertiary alicyclic amines) is 1. The molecule has 0 bridgehead atoms. The predicted octanol–water partition coefficient (Wildman–Crippen LogP) is 5.13. The van der Waals surface area contributed by atoms with Crippen molar-refractivity contribution in [3.05, 3.63) is 69.2 Å². The van der Waals surface area contributed by atoms with Gasteiger partial charge in [-0.15, -0.1) is 0 Å². The van der Waals surface area contributed by atoms with Gasteiger partial charge in [-0.1, -0.05) is 64.3 Å². The average Bonchev–Trinajstić information content (AvgIpc) is 2.57. The van der Waals surface area contributed by atoms with Crippen molar-refractivity contribution in [2.24, 2.45) is 0 Å². The summed E-state index contributed by atoms with van der Waals surface area (Å²) < 4.78 is 0.977. The number of halogens is 2. The van der Waals surface area contributed by atoms with Gasteiger partial charge in [0, 0.05) is 9.50 Å². The zero-order chi connectivity index (χ0) is 17.1. The van der Waals surface area contributed by atoms with Gasteiger partial charge in [0.2, 0.25) is 0 Å². The Morgan fingerprint density at radius 3 is 2.71 bits per heavy atom. The summed E-state index contributed by atoms with van der Waals surface area (Å²) in [5.74, 6) is -0.756. The van der Waals surface area contributed by atoms with Crippen LogP contribution in [0.25, 0.3) is 0 Å². The topological polar surface area (TPSA) is 40.5 Å². The lowest BCUT2D eigenvalue weighted by Gasteiger charge is -2.40. The Kier molecular flexibility index (Phi) is 5.59. The van der Waals surface area contributed by atoms with Crippen LogP contribution in [-0.2, 0) is 4.79 Å². The molecule has 0 spiro atoms. The van der Waals surface area contributed by atoms with Crippen LogP contribution < -0.4 is 0 Å². The van der Waals surface area contributed by atoms with Crippen LogP contribution in [0, 0.1) is 0 Å². The van der Waals surface area contributed by atoms with Gasteiger partial charge in [-0.05, 0) is 48.7 Å². The van der Waals surface area contributed by atoms with E-state index in [1.807, 2.05) is 48.5 Å². The van der Waals surface area contributed by atoms with Crippen LogP contribution in [0.3, 0.4) is 0 Å². The fraction of sp³-hybridized carbons (Fsp3) is 0.316. The molecule has 0 saturated carbocycles. The first-order valence-electron chi connectivity index (χ1n) is 8.06. The number of hydrogen-bond acceptors (Lipinski definition) is 2. The second kappa shape index (κ2) is 7.68. The lowest BCUT2D eigenvalue weighted by Crippen LogP contribution is -2.46. The Bertz CT molecular complexity index is 737. The molecule has 3 rings (SSSR count). The molecule has 2 unspecified atom stereocenters. The Hall–Kier alpha value is -1.36. The fourth-order valence-electron chi connectivity index (χ4n) is 3.45. The molecule has 24 heavy (non-hydrogen) atoms. The summed E-state index contributed by atoms with van der Waals surface area (Å²) in [4.78, 5) is 13.9. The van der Waals surface area contributed by atoms with E-state index in [2.05, 4.69) is 20.8 Å². The first-order valence-corrected chi connectivity index (χ1v) is 9.23. The molecule has 1 aliphatic heterocycles. The third-order valence-electron chi connectivity index (χ3n) is 4.53. The Balaban J connectivity index is 2.11.